The van der Waals surface area contributed by atoms with Crippen LogP contribution in [0.15, 0.2) is 18.2 Å². The molecule has 1 unspecified atom stereocenters. The normalized spacial score (nSPS) is 11.4. The van der Waals surface area contributed by atoms with Gasteiger partial charge in [-0.1, -0.05) is 17.9 Å². The Kier molecular flexibility index (Phi) is 6.59. The number of hydrogen-bond acceptors (Lipinski definition) is 4. The number of ether oxygens (including phenoxy) is 1. The van der Waals surface area contributed by atoms with Crippen LogP contribution in [0.5, 0.6) is 5.75 Å². The minimum absolute atomic E-state index is 0.174. The van der Waals surface area contributed by atoms with Gasteiger partial charge in [-0.15, -0.1) is 0 Å². The Morgan fingerprint density at radius 3 is 2.80 bits per heavy atom. The van der Waals surface area contributed by atoms with Crippen molar-refractivity contribution in [3.8, 4) is 23.7 Å². The molecule has 0 aromatic heterocycles. The lowest BCUT2D eigenvalue weighted by Crippen LogP contribution is -2.28. The van der Waals surface area contributed by atoms with Crippen molar-refractivity contribution in [2.75, 3.05) is 20.8 Å². The fraction of sp³-hybridized carbons (Fsp3) is 0.438. The van der Waals surface area contributed by atoms with Crippen molar-refractivity contribution in [1.82, 2.24) is 4.90 Å². The highest BCUT2D eigenvalue weighted by Crippen LogP contribution is 2.20. The van der Waals surface area contributed by atoms with Crippen LogP contribution >= 0.6 is 0 Å². The third-order valence-corrected chi connectivity index (χ3v) is 3.14. The van der Waals surface area contributed by atoms with Gasteiger partial charge in [0.15, 0.2) is 0 Å². The molecule has 0 aliphatic carbocycles. The van der Waals surface area contributed by atoms with Gasteiger partial charge in [-0.3, -0.25) is 4.90 Å². The molecule has 20 heavy (non-hydrogen) atoms. The summed E-state index contributed by atoms with van der Waals surface area (Å²) in [6.45, 7) is 2.59. The van der Waals surface area contributed by atoms with Crippen molar-refractivity contribution in [2.24, 2.45) is 0 Å². The zero-order valence-corrected chi connectivity index (χ0v) is 12.2. The van der Waals surface area contributed by atoms with E-state index in [1.807, 2.05) is 32.2 Å². The molecule has 0 aliphatic heterocycles. The Labute approximate surface area is 120 Å². The molecule has 0 saturated heterocycles. The van der Waals surface area contributed by atoms with Crippen LogP contribution in [0.25, 0.3) is 0 Å². The lowest BCUT2D eigenvalue weighted by atomic mass is 10.1. The lowest BCUT2D eigenvalue weighted by molar-refractivity contribution is 0.252. The fourth-order valence-corrected chi connectivity index (χ4v) is 1.82. The summed E-state index contributed by atoms with van der Waals surface area (Å²) in [7, 11) is 3.59. The van der Waals surface area contributed by atoms with E-state index in [0.717, 1.165) is 17.7 Å². The summed E-state index contributed by atoms with van der Waals surface area (Å²) in [5, 5.41) is 17.5. The SMILES string of the molecule is COc1ccc(CN(C)C(C)CC#N)cc1C#CCO. The van der Waals surface area contributed by atoms with Gasteiger partial charge in [0.1, 0.15) is 12.4 Å². The van der Waals surface area contributed by atoms with Crippen molar-refractivity contribution in [2.45, 2.75) is 25.9 Å². The van der Waals surface area contributed by atoms with E-state index in [4.69, 9.17) is 15.1 Å². The third-order valence-electron chi connectivity index (χ3n) is 3.14. The summed E-state index contributed by atoms with van der Waals surface area (Å²) < 4.78 is 5.25. The molecule has 0 fully saturated rings. The van der Waals surface area contributed by atoms with E-state index in [1.165, 1.54) is 0 Å². The fourth-order valence-electron chi connectivity index (χ4n) is 1.82. The monoisotopic (exact) mass is 272 g/mol. The molecular weight excluding hydrogens is 252 g/mol. The quantitative estimate of drug-likeness (QED) is 0.830. The smallest absolute Gasteiger partial charge is 0.134 e. The van der Waals surface area contributed by atoms with Gasteiger partial charge in [0.25, 0.3) is 0 Å². The number of hydrogen-bond donors (Lipinski definition) is 1. The first-order chi connectivity index (χ1) is 9.62. The summed E-state index contributed by atoms with van der Waals surface area (Å²) in [5.41, 5.74) is 1.86. The van der Waals surface area contributed by atoms with Crippen molar-refractivity contribution in [3.63, 3.8) is 0 Å². The molecule has 4 heteroatoms. The van der Waals surface area contributed by atoms with Crippen LogP contribution in [0, 0.1) is 23.2 Å². The molecule has 0 heterocycles. The largest absolute Gasteiger partial charge is 0.495 e. The second-order valence-electron chi connectivity index (χ2n) is 4.62. The van der Waals surface area contributed by atoms with Crippen molar-refractivity contribution in [3.05, 3.63) is 29.3 Å². The Morgan fingerprint density at radius 2 is 2.20 bits per heavy atom. The summed E-state index contributed by atoms with van der Waals surface area (Å²) in [5.74, 6) is 6.21. The molecule has 0 amide bonds. The summed E-state index contributed by atoms with van der Waals surface area (Å²) in [4.78, 5) is 2.12. The predicted molar refractivity (Wildman–Crippen MR) is 78.1 cm³/mol. The number of nitrogens with zero attached hydrogens (tertiary/aromatic N) is 2. The van der Waals surface area contributed by atoms with Gasteiger partial charge < -0.3 is 9.84 Å². The summed E-state index contributed by atoms with van der Waals surface area (Å²) in [6, 6.07) is 8.20. The van der Waals surface area contributed by atoms with Gasteiger partial charge in [0, 0.05) is 12.6 Å². The second-order valence-corrected chi connectivity index (χ2v) is 4.62. The maximum atomic E-state index is 8.78. The maximum absolute atomic E-state index is 8.78. The van der Waals surface area contributed by atoms with Gasteiger partial charge in [0.05, 0.1) is 25.2 Å². The highest BCUT2D eigenvalue weighted by atomic mass is 16.5. The summed E-state index contributed by atoms with van der Waals surface area (Å²) in [6.07, 6.45) is 0.504. The molecule has 106 valence electrons. The minimum Gasteiger partial charge on any atom is -0.495 e. The molecule has 0 spiro atoms. The number of nitriles is 1. The van der Waals surface area contributed by atoms with Crippen LogP contribution in [0.2, 0.25) is 0 Å². The van der Waals surface area contributed by atoms with Crippen LogP contribution in [-0.2, 0) is 6.54 Å². The Morgan fingerprint density at radius 1 is 1.45 bits per heavy atom. The highest BCUT2D eigenvalue weighted by Gasteiger charge is 2.10. The second kappa shape index (κ2) is 8.22. The number of methoxy groups -OCH3 is 1. The van der Waals surface area contributed by atoms with E-state index < -0.39 is 0 Å². The summed E-state index contributed by atoms with van der Waals surface area (Å²) >= 11 is 0. The van der Waals surface area contributed by atoms with Gasteiger partial charge in [-0.2, -0.15) is 5.26 Å². The van der Waals surface area contributed by atoms with E-state index in [-0.39, 0.29) is 12.6 Å². The first-order valence-electron chi connectivity index (χ1n) is 6.46. The van der Waals surface area contributed by atoms with Crippen molar-refractivity contribution in [1.29, 1.82) is 5.26 Å². The predicted octanol–water partition coefficient (Wildman–Crippen LogP) is 1.77. The lowest BCUT2D eigenvalue weighted by Gasteiger charge is -2.22. The Bertz CT molecular complexity index is 538. The van der Waals surface area contributed by atoms with Crippen molar-refractivity contribution < 1.29 is 9.84 Å². The molecule has 0 bridgehead atoms. The molecule has 1 aromatic carbocycles. The zero-order valence-electron chi connectivity index (χ0n) is 12.2. The Hall–Kier alpha value is -2.01. The minimum atomic E-state index is -0.174. The van der Waals surface area contributed by atoms with Crippen LogP contribution in [0.4, 0.5) is 0 Å². The highest BCUT2D eigenvalue weighted by molar-refractivity contribution is 5.48. The molecular formula is C16H20N2O2. The van der Waals surface area contributed by atoms with E-state index in [2.05, 4.69) is 22.8 Å². The molecule has 1 aromatic rings. The van der Waals surface area contributed by atoms with E-state index in [1.54, 1.807) is 7.11 Å². The van der Waals surface area contributed by atoms with Gasteiger partial charge in [-0.05, 0) is 31.7 Å². The van der Waals surface area contributed by atoms with Crippen LogP contribution in [0.3, 0.4) is 0 Å². The van der Waals surface area contributed by atoms with E-state index in [0.29, 0.717) is 12.2 Å². The van der Waals surface area contributed by atoms with Gasteiger partial charge >= 0.3 is 0 Å². The van der Waals surface area contributed by atoms with E-state index in [9.17, 15) is 0 Å². The van der Waals surface area contributed by atoms with Crippen LogP contribution < -0.4 is 4.74 Å². The number of rotatable bonds is 5. The first kappa shape index (κ1) is 16.0. The molecule has 0 saturated carbocycles. The van der Waals surface area contributed by atoms with Gasteiger partial charge in [0.2, 0.25) is 0 Å². The Balaban J connectivity index is 2.89. The zero-order chi connectivity index (χ0) is 15.0. The molecule has 1 atom stereocenters. The standard InChI is InChI=1S/C16H20N2O2/c1-13(8-9-17)18(2)12-14-6-7-16(20-3)15(11-14)5-4-10-19/h6-7,11,13,19H,8,10,12H2,1-3H3. The first-order valence-corrected chi connectivity index (χ1v) is 6.46. The molecule has 0 radical (unpaired) electrons. The number of benzene rings is 1. The van der Waals surface area contributed by atoms with Crippen molar-refractivity contribution >= 4 is 0 Å². The molecule has 1 rings (SSSR count). The number of aliphatic hydroxyl groups excluding tert-OH is 1. The average Bonchev–Trinajstić information content (AvgIpc) is 2.45. The average molecular weight is 272 g/mol. The number of aliphatic hydroxyl groups is 1. The third kappa shape index (κ3) is 4.59. The van der Waals surface area contributed by atoms with Gasteiger partial charge in [-0.25, -0.2) is 0 Å². The topological polar surface area (TPSA) is 56.5 Å². The van der Waals surface area contributed by atoms with Crippen LogP contribution in [0.1, 0.15) is 24.5 Å². The maximum Gasteiger partial charge on any atom is 0.134 e. The van der Waals surface area contributed by atoms with Crippen LogP contribution in [-0.4, -0.2) is 36.8 Å². The molecule has 4 nitrogen and oxygen atoms in total. The molecule has 0 aliphatic rings. The molecule has 1 N–H and O–H groups in total. The van der Waals surface area contributed by atoms with E-state index >= 15 is 0 Å².